The highest BCUT2D eigenvalue weighted by molar-refractivity contribution is 7.12. The summed E-state index contributed by atoms with van der Waals surface area (Å²) in [6.07, 6.45) is 12.0. The van der Waals surface area contributed by atoms with E-state index in [4.69, 9.17) is 4.74 Å². The number of ether oxygens (including phenoxy) is 1. The van der Waals surface area contributed by atoms with Crippen molar-refractivity contribution in [3.63, 3.8) is 0 Å². The zero-order valence-electron chi connectivity index (χ0n) is 51.2. The van der Waals surface area contributed by atoms with Gasteiger partial charge in [0.15, 0.2) is 5.82 Å². The van der Waals surface area contributed by atoms with Crippen LogP contribution in [0.4, 0.5) is 39.9 Å². The Labute approximate surface area is 520 Å². The molecule has 8 aromatic rings. The van der Waals surface area contributed by atoms with Gasteiger partial charge in [-0.3, -0.25) is 47.9 Å². The first-order chi connectivity index (χ1) is 42.8. The highest BCUT2D eigenvalue weighted by Gasteiger charge is 2.24. The number of amides is 10. The Kier molecular flexibility index (Phi) is 20.7. The molecule has 0 spiro atoms. The average Bonchev–Trinajstić information content (AvgIpc) is 2.46. The number of hydrogen-bond acceptors (Lipinski definition) is 14. The predicted molar refractivity (Wildman–Crippen MR) is 338 cm³/mol. The van der Waals surface area contributed by atoms with Crippen LogP contribution in [0.5, 0.6) is 5.75 Å². The standard InChI is InChI=1S/C59H71N19O11S/c1-71(2)19-12-17-60-48(79)14-18-62-53(82)41-22-35(28-73(41)4)64-55(84)43-24-37(30-75(43)6)66-57(86)45-26-39(32-77(45)8)68-59(88)51-70-47(33-78(51)9)69-49(80)13-11-16-61-52(81)40-21-34(27-72(40)3)63-54(83)42-23-36(29-74(42)5)65-56(85)44-25-38(31-76(44)7)67-58(87)50-46(89-10)15-20-90-50/h15,20-33H,11-14,16-19H2,1-10H3,(H,60,79)(H,61,81)(H,62,82)(H,63,83)(H,64,84)(H,65,85)(H,66,86)(H,67,87)(H,68,88)(H,69,80). The van der Waals surface area contributed by atoms with Crippen molar-refractivity contribution in [2.75, 3.05) is 84.6 Å². The fourth-order valence-electron chi connectivity index (χ4n) is 9.51. The predicted octanol–water partition coefficient (Wildman–Crippen LogP) is 4.37. The van der Waals surface area contributed by atoms with Gasteiger partial charge in [0.05, 0.1) is 41.2 Å². The number of hydrogen-bond donors (Lipinski definition) is 10. The van der Waals surface area contributed by atoms with E-state index in [1.165, 1.54) is 90.1 Å². The quantitative estimate of drug-likeness (QED) is 0.0320. The van der Waals surface area contributed by atoms with Gasteiger partial charge in [-0.05, 0) is 81.3 Å². The molecule has 0 aliphatic rings. The van der Waals surface area contributed by atoms with Crippen molar-refractivity contribution in [1.82, 2.24) is 57.8 Å². The van der Waals surface area contributed by atoms with Gasteiger partial charge in [-0.1, -0.05) is 0 Å². The van der Waals surface area contributed by atoms with E-state index in [1.54, 1.807) is 101 Å². The van der Waals surface area contributed by atoms with Crippen LogP contribution < -0.4 is 57.9 Å². The molecular formula is C59H71N19O11S. The number of anilines is 7. The second-order valence-corrected chi connectivity index (χ2v) is 22.3. The topological polar surface area (TPSA) is 351 Å². The summed E-state index contributed by atoms with van der Waals surface area (Å²) in [6, 6.07) is 10.7. The molecule has 0 saturated heterocycles. The zero-order valence-corrected chi connectivity index (χ0v) is 52.1. The Balaban J connectivity index is 0.747. The number of imidazole rings is 1. The van der Waals surface area contributed by atoms with Crippen LogP contribution in [0.2, 0.25) is 0 Å². The van der Waals surface area contributed by atoms with Crippen molar-refractivity contribution >= 4 is 110 Å². The Bertz CT molecular complexity index is 4050. The fraction of sp³-hybridized carbons (Fsp3) is 0.305. The summed E-state index contributed by atoms with van der Waals surface area (Å²) >= 11 is 1.22. The molecule has 30 nitrogen and oxygen atoms in total. The number of aryl methyl sites for hydroxylation is 7. The summed E-state index contributed by atoms with van der Waals surface area (Å²) < 4.78 is 15.9. The SMILES string of the molecule is COc1ccsc1C(=O)Nc1cc(C(=O)Nc2cc(C(=O)Nc3cc(C(=O)NCCCC(=O)Nc4cn(C)c(C(=O)Nc5cc(C(=O)Nc6cc(C(=O)Nc7cc(C(=O)NCCC(=O)NCCCN(C)C)n(C)c7)n(C)c6)n(C)c5)n4)n(C)c3)n(C)c2)n(C)c1. The molecule has 8 heterocycles. The van der Waals surface area contributed by atoms with E-state index in [9.17, 15) is 47.9 Å². The van der Waals surface area contributed by atoms with Crippen molar-refractivity contribution in [3.05, 3.63) is 136 Å². The van der Waals surface area contributed by atoms with Crippen LogP contribution >= 0.6 is 11.3 Å². The van der Waals surface area contributed by atoms with Crippen LogP contribution in [0.15, 0.2) is 91.2 Å². The third-order valence-electron chi connectivity index (χ3n) is 14.0. The Hall–Kier alpha value is -10.9. The maximum Gasteiger partial charge on any atom is 0.291 e. The second-order valence-electron chi connectivity index (χ2n) is 21.4. The van der Waals surface area contributed by atoms with Gasteiger partial charge in [0.2, 0.25) is 17.6 Å². The molecule has 0 fully saturated rings. The van der Waals surface area contributed by atoms with Crippen molar-refractivity contribution < 1.29 is 52.7 Å². The lowest BCUT2D eigenvalue weighted by Crippen LogP contribution is -2.32. The lowest BCUT2D eigenvalue weighted by Gasteiger charge is -2.10. The first-order valence-corrected chi connectivity index (χ1v) is 29.0. The highest BCUT2D eigenvalue weighted by Crippen LogP contribution is 2.27. The molecule has 90 heavy (non-hydrogen) atoms. The second kappa shape index (κ2) is 28.7. The van der Waals surface area contributed by atoms with E-state index in [0.29, 0.717) is 45.6 Å². The monoisotopic (exact) mass is 1250 g/mol. The average molecular weight is 1250 g/mol. The lowest BCUT2D eigenvalue weighted by molar-refractivity contribution is -0.121. The van der Waals surface area contributed by atoms with Crippen LogP contribution in [0.1, 0.15) is 109 Å². The summed E-state index contributed by atoms with van der Waals surface area (Å²) in [4.78, 5) is 138. The van der Waals surface area contributed by atoms with Gasteiger partial charge in [-0.15, -0.1) is 11.3 Å². The Morgan fingerprint density at radius 2 is 0.811 bits per heavy atom. The van der Waals surface area contributed by atoms with Crippen LogP contribution in [0.25, 0.3) is 0 Å². The van der Waals surface area contributed by atoms with Crippen molar-refractivity contribution in [2.45, 2.75) is 25.7 Å². The molecule has 0 radical (unpaired) electrons. The van der Waals surface area contributed by atoms with Crippen molar-refractivity contribution in [2.24, 2.45) is 49.3 Å². The van der Waals surface area contributed by atoms with Gasteiger partial charge in [0.1, 0.15) is 44.8 Å². The molecule has 8 rings (SSSR count). The number of nitrogens with one attached hydrogen (secondary N) is 10. The molecule has 0 bridgehead atoms. The minimum Gasteiger partial charge on any atom is -0.495 e. The first kappa shape index (κ1) is 65.0. The fourth-order valence-corrected chi connectivity index (χ4v) is 10.3. The largest absolute Gasteiger partial charge is 0.495 e. The molecule has 0 aromatic carbocycles. The van der Waals surface area contributed by atoms with Gasteiger partial charge in [-0.2, -0.15) is 0 Å². The maximum absolute atomic E-state index is 13.5. The summed E-state index contributed by atoms with van der Waals surface area (Å²) in [5.41, 5.74) is 3.32. The molecule has 0 unspecified atom stereocenters. The van der Waals surface area contributed by atoms with E-state index in [-0.39, 0.29) is 95.7 Å². The van der Waals surface area contributed by atoms with E-state index < -0.39 is 47.3 Å². The first-order valence-electron chi connectivity index (χ1n) is 28.1. The number of rotatable bonds is 27. The molecule has 0 aliphatic carbocycles. The van der Waals surface area contributed by atoms with E-state index >= 15 is 0 Å². The van der Waals surface area contributed by atoms with Crippen LogP contribution in [0.3, 0.4) is 0 Å². The van der Waals surface area contributed by atoms with Crippen LogP contribution in [0, 0.1) is 0 Å². The van der Waals surface area contributed by atoms with Gasteiger partial charge in [-0.25, -0.2) is 4.98 Å². The minimum atomic E-state index is -0.631. The normalized spacial score (nSPS) is 11.0. The molecule has 0 saturated carbocycles. The van der Waals surface area contributed by atoms with Gasteiger partial charge in [0, 0.05) is 125 Å². The number of aromatic nitrogens is 8. The van der Waals surface area contributed by atoms with Gasteiger partial charge < -0.3 is 94.8 Å². The molecule has 10 amide bonds. The molecular weight excluding hydrogens is 1180 g/mol. The van der Waals surface area contributed by atoms with Crippen LogP contribution in [-0.2, 0) is 58.9 Å². The van der Waals surface area contributed by atoms with E-state index in [0.717, 1.165) is 13.0 Å². The van der Waals surface area contributed by atoms with Gasteiger partial charge in [0.25, 0.3) is 47.3 Å². The number of nitrogens with zero attached hydrogens (tertiary/aromatic N) is 9. The molecule has 0 aliphatic heterocycles. The third kappa shape index (κ3) is 16.4. The summed E-state index contributed by atoms with van der Waals surface area (Å²) in [5.74, 6) is -4.02. The number of carbonyl (C=O) groups excluding carboxylic acids is 10. The molecule has 31 heteroatoms. The third-order valence-corrected chi connectivity index (χ3v) is 14.9. The number of carbonyl (C=O) groups is 10. The van der Waals surface area contributed by atoms with Gasteiger partial charge >= 0.3 is 0 Å². The van der Waals surface area contributed by atoms with E-state index in [1.807, 2.05) is 19.0 Å². The Morgan fingerprint density at radius 1 is 0.433 bits per heavy atom. The molecule has 0 atom stereocenters. The number of methoxy groups -OCH3 is 1. The summed E-state index contributed by atoms with van der Waals surface area (Å²) in [6.45, 7) is 1.64. The zero-order chi connectivity index (χ0) is 65.1. The van der Waals surface area contributed by atoms with Crippen molar-refractivity contribution in [3.8, 4) is 5.75 Å². The maximum atomic E-state index is 13.5. The smallest absolute Gasteiger partial charge is 0.291 e. The minimum absolute atomic E-state index is 0.00627. The van der Waals surface area contributed by atoms with Crippen molar-refractivity contribution in [1.29, 1.82) is 0 Å². The van der Waals surface area contributed by atoms with Crippen LogP contribution in [-0.4, -0.2) is 148 Å². The molecule has 8 aromatic heterocycles. The lowest BCUT2D eigenvalue weighted by atomic mass is 10.3. The highest BCUT2D eigenvalue weighted by atomic mass is 32.1. The molecule has 474 valence electrons. The number of thiophene rings is 1. The molecule has 10 N–H and O–H groups in total. The van der Waals surface area contributed by atoms with E-state index in [2.05, 4.69) is 58.2 Å². The summed E-state index contributed by atoms with van der Waals surface area (Å²) in [7, 11) is 16.8. The Morgan fingerprint density at radius 3 is 1.22 bits per heavy atom. The summed E-state index contributed by atoms with van der Waals surface area (Å²) in [5, 5.41) is 29.4.